The molecule has 0 saturated heterocycles. The molecule has 6 heteroatoms. The maximum atomic E-state index is 11.3. The van der Waals surface area contributed by atoms with Gasteiger partial charge in [0.15, 0.2) is 0 Å². The third-order valence-electron chi connectivity index (χ3n) is 5.18. The molecule has 0 radical (unpaired) electrons. The fourth-order valence-corrected chi connectivity index (χ4v) is 3.67. The molecule has 0 saturated carbocycles. The van der Waals surface area contributed by atoms with Gasteiger partial charge in [0.25, 0.3) is 0 Å². The number of carboxylic acids is 1. The van der Waals surface area contributed by atoms with Gasteiger partial charge in [0.2, 0.25) is 0 Å². The lowest BCUT2D eigenvalue weighted by Gasteiger charge is -2.13. The van der Waals surface area contributed by atoms with Crippen molar-refractivity contribution in [3.63, 3.8) is 0 Å². The van der Waals surface area contributed by atoms with E-state index in [2.05, 4.69) is 6.07 Å². The normalized spacial score (nSPS) is 11.0. The Hall–Kier alpha value is -3.61. The molecule has 6 nitrogen and oxygen atoms in total. The number of carboxylic acid groups (broad SMARTS) is 1. The minimum absolute atomic E-state index is 0.124. The molecule has 1 heterocycles. The van der Waals surface area contributed by atoms with Gasteiger partial charge in [-0.15, -0.1) is 0 Å². The smallest absolute Gasteiger partial charge is 0.307 e. The van der Waals surface area contributed by atoms with E-state index in [0.29, 0.717) is 31.0 Å². The molecule has 158 valence electrons. The zero-order valence-corrected chi connectivity index (χ0v) is 17.0. The maximum absolute atomic E-state index is 11.3. The molecule has 3 aromatic carbocycles. The van der Waals surface area contributed by atoms with Crippen LogP contribution in [0.4, 0.5) is 0 Å². The predicted molar refractivity (Wildman–Crippen MR) is 120 cm³/mol. The Morgan fingerprint density at radius 1 is 0.935 bits per heavy atom. The van der Waals surface area contributed by atoms with E-state index in [1.807, 2.05) is 42.5 Å². The van der Waals surface area contributed by atoms with Crippen LogP contribution in [0.1, 0.15) is 22.3 Å². The number of hydrogen-bond donors (Lipinski definition) is 3. The number of nitrogens with two attached hydrogens (primary N) is 2. The van der Waals surface area contributed by atoms with Crippen LogP contribution < -0.4 is 16.2 Å². The summed E-state index contributed by atoms with van der Waals surface area (Å²) in [7, 11) is 0. The second kappa shape index (κ2) is 9.04. The number of hydrogen-bond acceptors (Lipinski definition) is 5. The third kappa shape index (κ3) is 4.60. The molecule has 1 aromatic heterocycles. The van der Waals surface area contributed by atoms with Crippen molar-refractivity contribution in [3.05, 3.63) is 89.2 Å². The Balaban J connectivity index is 1.66. The van der Waals surface area contributed by atoms with Gasteiger partial charge in [-0.25, -0.2) is 0 Å². The molecule has 0 aliphatic heterocycles. The van der Waals surface area contributed by atoms with Gasteiger partial charge < -0.3 is 25.7 Å². The van der Waals surface area contributed by atoms with Crippen molar-refractivity contribution in [3.8, 4) is 16.9 Å². The van der Waals surface area contributed by atoms with Crippen molar-refractivity contribution in [1.29, 1.82) is 0 Å². The highest BCUT2D eigenvalue weighted by Gasteiger charge is 2.13. The van der Waals surface area contributed by atoms with Gasteiger partial charge in [0.05, 0.1) is 12.7 Å². The zero-order chi connectivity index (χ0) is 21.8. The second-order valence-corrected chi connectivity index (χ2v) is 7.39. The fraction of sp³-hybridized carbons (Fsp3) is 0.160. The van der Waals surface area contributed by atoms with Crippen LogP contribution in [0.15, 0.2) is 71.3 Å². The SMILES string of the molecule is NCc1cccc(-c2cc(COc3ccc(CN)cc3CC(=O)O)cc3ccoc23)c1. The van der Waals surface area contributed by atoms with Gasteiger partial charge in [-0.1, -0.05) is 30.3 Å². The molecule has 0 aliphatic carbocycles. The van der Waals surface area contributed by atoms with E-state index in [4.69, 9.17) is 20.6 Å². The molecule has 0 aliphatic rings. The molecular formula is C25H24N2O4. The molecule has 0 bridgehead atoms. The molecule has 0 fully saturated rings. The number of rotatable bonds is 8. The number of furan rings is 1. The Bertz CT molecular complexity index is 1230. The molecule has 0 amide bonds. The van der Waals surface area contributed by atoms with E-state index in [9.17, 15) is 9.90 Å². The average molecular weight is 416 g/mol. The quantitative estimate of drug-likeness (QED) is 0.396. The van der Waals surface area contributed by atoms with Crippen molar-refractivity contribution in [2.75, 3.05) is 0 Å². The molecule has 4 aromatic rings. The van der Waals surface area contributed by atoms with E-state index >= 15 is 0 Å². The van der Waals surface area contributed by atoms with Crippen LogP contribution in [0.2, 0.25) is 0 Å². The standard InChI is InChI=1S/C25H24N2O4/c26-13-16-2-1-3-19(8-16)22-11-18(10-20-6-7-30-25(20)22)15-31-23-5-4-17(14-27)9-21(23)12-24(28)29/h1-11H,12-15,26-27H2,(H,28,29). The van der Waals surface area contributed by atoms with Crippen molar-refractivity contribution >= 4 is 16.9 Å². The lowest BCUT2D eigenvalue weighted by atomic mass is 9.99. The Kier molecular flexibility index (Phi) is 6.02. The molecule has 31 heavy (non-hydrogen) atoms. The van der Waals surface area contributed by atoms with Gasteiger partial charge in [0.1, 0.15) is 17.9 Å². The van der Waals surface area contributed by atoms with Crippen molar-refractivity contribution in [1.82, 2.24) is 0 Å². The van der Waals surface area contributed by atoms with Crippen LogP contribution in [0.5, 0.6) is 5.75 Å². The molecule has 0 spiro atoms. The second-order valence-electron chi connectivity index (χ2n) is 7.39. The van der Waals surface area contributed by atoms with Gasteiger partial charge in [-0.2, -0.15) is 0 Å². The van der Waals surface area contributed by atoms with Crippen molar-refractivity contribution < 1.29 is 19.1 Å². The van der Waals surface area contributed by atoms with Crippen LogP contribution in [0.25, 0.3) is 22.1 Å². The van der Waals surface area contributed by atoms with Crippen molar-refractivity contribution in [2.24, 2.45) is 11.5 Å². The largest absolute Gasteiger partial charge is 0.489 e. The van der Waals surface area contributed by atoms with E-state index in [-0.39, 0.29) is 6.42 Å². The van der Waals surface area contributed by atoms with E-state index in [0.717, 1.165) is 38.8 Å². The summed E-state index contributed by atoms with van der Waals surface area (Å²) in [4.78, 5) is 11.3. The summed E-state index contributed by atoms with van der Waals surface area (Å²) < 4.78 is 11.8. The summed E-state index contributed by atoms with van der Waals surface area (Å²) in [6.45, 7) is 1.09. The first-order chi connectivity index (χ1) is 15.1. The first kappa shape index (κ1) is 20.7. The topological polar surface area (TPSA) is 112 Å². The molecule has 0 atom stereocenters. The monoisotopic (exact) mass is 416 g/mol. The number of aliphatic carboxylic acids is 1. The molecule has 5 N–H and O–H groups in total. The van der Waals surface area contributed by atoms with Crippen LogP contribution in [-0.4, -0.2) is 11.1 Å². The highest BCUT2D eigenvalue weighted by atomic mass is 16.5. The van der Waals surface area contributed by atoms with Gasteiger partial charge >= 0.3 is 5.97 Å². The number of fused-ring (bicyclic) bond motifs is 1. The highest BCUT2D eigenvalue weighted by molar-refractivity contribution is 5.93. The Morgan fingerprint density at radius 3 is 2.52 bits per heavy atom. The Morgan fingerprint density at radius 2 is 1.74 bits per heavy atom. The van der Waals surface area contributed by atoms with Crippen LogP contribution >= 0.6 is 0 Å². The minimum Gasteiger partial charge on any atom is -0.489 e. The van der Waals surface area contributed by atoms with Gasteiger partial charge in [-0.3, -0.25) is 4.79 Å². The number of carbonyl (C=O) groups is 1. The summed E-state index contributed by atoms with van der Waals surface area (Å²) in [5, 5.41) is 10.2. The van der Waals surface area contributed by atoms with E-state index < -0.39 is 5.97 Å². The maximum Gasteiger partial charge on any atom is 0.307 e. The van der Waals surface area contributed by atoms with Crippen LogP contribution in [0.3, 0.4) is 0 Å². The lowest BCUT2D eigenvalue weighted by Crippen LogP contribution is -2.06. The average Bonchev–Trinajstić information content (AvgIpc) is 3.26. The summed E-state index contributed by atoms with van der Waals surface area (Å²) in [5.41, 5.74) is 17.7. The molecule has 4 rings (SSSR count). The fourth-order valence-electron chi connectivity index (χ4n) is 3.67. The summed E-state index contributed by atoms with van der Waals surface area (Å²) in [6, 6.07) is 19.4. The van der Waals surface area contributed by atoms with Gasteiger partial charge in [0, 0.05) is 29.6 Å². The molecule has 0 unspecified atom stereocenters. The first-order valence-electron chi connectivity index (χ1n) is 10.0. The third-order valence-corrected chi connectivity index (χ3v) is 5.18. The first-order valence-corrected chi connectivity index (χ1v) is 10.0. The Labute approximate surface area is 180 Å². The number of ether oxygens (including phenoxy) is 1. The van der Waals surface area contributed by atoms with Crippen LogP contribution in [-0.2, 0) is 30.9 Å². The van der Waals surface area contributed by atoms with E-state index in [1.54, 1.807) is 18.4 Å². The summed E-state index contributed by atoms with van der Waals surface area (Å²) >= 11 is 0. The summed E-state index contributed by atoms with van der Waals surface area (Å²) in [5.74, 6) is -0.375. The summed E-state index contributed by atoms with van der Waals surface area (Å²) in [6.07, 6.45) is 1.54. The van der Waals surface area contributed by atoms with Crippen molar-refractivity contribution in [2.45, 2.75) is 26.1 Å². The number of benzene rings is 3. The predicted octanol–water partition coefficient (Wildman–Crippen LogP) is 4.22. The van der Waals surface area contributed by atoms with Crippen LogP contribution in [0, 0.1) is 0 Å². The lowest BCUT2D eigenvalue weighted by molar-refractivity contribution is -0.136. The van der Waals surface area contributed by atoms with Gasteiger partial charge in [-0.05, 0) is 52.6 Å². The highest BCUT2D eigenvalue weighted by Crippen LogP contribution is 2.32. The zero-order valence-electron chi connectivity index (χ0n) is 17.0. The molecular weight excluding hydrogens is 392 g/mol. The minimum atomic E-state index is -0.916. The van der Waals surface area contributed by atoms with E-state index in [1.165, 1.54) is 0 Å².